The van der Waals surface area contributed by atoms with Crippen molar-refractivity contribution in [3.63, 3.8) is 0 Å². The van der Waals surface area contributed by atoms with Gasteiger partial charge in [0.2, 0.25) is 12.4 Å². The van der Waals surface area contributed by atoms with Gasteiger partial charge in [0.05, 0.1) is 7.11 Å². The molecule has 1 aliphatic heterocycles. The third kappa shape index (κ3) is 4.93. The maximum atomic E-state index is 12.6. The van der Waals surface area contributed by atoms with Crippen LogP contribution in [0.5, 0.6) is 5.75 Å². The number of anilines is 1. The van der Waals surface area contributed by atoms with Crippen molar-refractivity contribution in [2.24, 2.45) is 0 Å². The Morgan fingerprint density at radius 2 is 1.93 bits per heavy atom. The molecule has 1 N–H and O–H groups in total. The number of carbonyl (C=O) groups excluding carboxylic acids is 2. The Bertz CT molecular complexity index is 773. The molecule has 0 spiro atoms. The van der Waals surface area contributed by atoms with Gasteiger partial charge in [-0.3, -0.25) is 9.59 Å². The Morgan fingerprint density at radius 1 is 1.19 bits per heavy atom. The van der Waals surface area contributed by atoms with Crippen LogP contribution in [0.2, 0.25) is 0 Å². The summed E-state index contributed by atoms with van der Waals surface area (Å²) in [4.78, 5) is 35.3. The number of ether oxygens (including phenoxy) is 1. The Balaban J connectivity index is 1.53. The summed E-state index contributed by atoms with van der Waals surface area (Å²) in [7, 11) is 1.64. The molecular weight excluding hydrogens is 346 g/mol. The second-order valence-electron chi connectivity index (χ2n) is 6.22. The second kappa shape index (κ2) is 8.98. The molecule has 8 nitrogen and oxygen atoms in total. The van der Waals surface area contributed by atoms with Crippen LogP contribution in [0.1, 0.15) is 16.1 Å². The van der Waals surface area contributed by atoms with E-state index in [4.69, 9.17) is 4.74 Å². The van der Waals surface area contributed by atoms with Crippen LogP contribution < -0.4 is 10.1 Å². The summed E-state index contributed by atoms with van der Waals surface area (Å²) in [5.41, 5.74) is 1.53. The highest BCUT2D eigenvalue weighted by atomic mass is 16.5. The summed E-state index contributed by atoms with van der Waals surface area (Å²) in [6.45, 7) is 2.78. The molecule has 1 saturated heterocycles. The zero-order valence-electron chi connectivity index (χ0n) is 15.3. The molecular formula is C19H23N5O3. The fourth-order valence-electron chi connectivity index (χ4n) is 2.87. The lowest BCUT2D eigenvalue weighted by molar-refractivity contribution is -0.119. The first-order valence-electron chi connectivity index (χ1n) is 8.88. The number of aromatic nitrogens is 2. The van der Waals surface area contributed by atoms with Crippen molar-refractivity contribution >= 4 is 18.3 Å². The van der Waals surface area contributed by atoms with Gasteiger partial charge in [0.15, 0.2) is 0 Å². The molecule has 2 aromatic rings. The fourth-order valence-corrected chi connectivity index (χ4v) is 2.87. The number of rotatable bonds is 7. The fraction of sp³-hybridized carbons (Fsp3) is 0.368. The molecule has 0 radical (unpaired) electrons. The second-order valence-corrected chi connectivity index (χ2v) is 6.22. The quantitative estimate of drug-likeness (QED) is 0.734. The van der Waals surface area contributed by atoms with Crippen LogP contribution in [0.3, 0.4) is 0 Å². The standard InChI is InChI=1S/C19H23N5O3/c1-27-16-4-2-15(3-5-16)6-8-20-19-21-9-7-17(22-19)18(26)24-12-10-23(14-25)11-13-24/h2-5,7,9,14H,6,8,10-13H2,1H3,(H,20,21,22). The first-order valence-corrected chi connectivity index (χ1v) is 8.88. The topological polar surface area (TPSA) is 87.7 Å². The molecule has 0 bridgehead atoms. The van der Waals surface area contributed by atoms with E-state index in [0.717, 1.165) is 18.6 Å². The van der Waals surface area contributed by atoms with Gasteiger partial charge in [-0.2, -0.15) is 0 Å². The largest absolute Gasteiger partial charge is 0.497 e. The predicted octanol–water partition coefficient (Wildman–Crippen LogP) is 1.05. The highest BCUT2D eigenvalue weighted by Crippen LogP contribution is 2.12. The van der Waals surface area contributed by atoms with E-state index in [-0.39, 0.29) is 5.91 Å². The number of carbonyl (C=O) groups is 2. The van der Waals surface area contributed by atoms with Crippen molar-refractivity contribution < 1.29 is 14.3 Å². The summed E-state index contributed by atoms with van der Waals surface area (Å²) in [5.74, 6) is 1.12. The molecule has 1 aromatic carbocycles. The zero-order valence-corrected chi connectivity index (χ0v) is 15.3. The number of piperazine rings is 1. The molecule has 1 fully saturated rings. The van der Waals surface area contributed by atoms with Crippen LogP contribution in [0.4, 0.5) is 5.95 Å². The normalized spacial score (nSPS) is 14.0. The van der Waals surface area contributed by atoms with Crippen molar-refractivity contribution in [2.75, 3.05) is 45.2 Å². The van der Waals surface area contributed by atoms with E-state index in [1.54, 1.807) is 29.2 Å². The molecule has 1 aromatic heterocycles. The summed E-state index contributed by atoms with van der Waals surface area (Å²) >= 11 is 0. The molecule has 2 heterocycles. The lowest BCUT2D eigenvalue weighted by Gasteiger charge is -2.32. The Morgan fingerprint density at radius 3 is 2.59 bits per heavy atom. The third-order valence-electron chi connectivity index (χ3n) is 4.48. The summed E-state index contributed by atoms with van der Waals surface area (Å²) < 4.78 is 5.15. The van der Waals surface area contributed by atoms with Gasteiger partial charge in [-0.15, -0.1) is 0 Å². The number of hydrogen-bond acceptors (Lipinski definition) is 6. The number of hydrogen-bond donors (Lipinski definition) is 1. The predicted molar refractivity (Wildman–Crippen MR) is 101 cm³/mol. The smallest absolute Gasteiger partial charge is 0.272 e. The maximum absolute atomic E-state index is 12.6. The molecule has 0 aliphatic carbocycles. The van der Waals surface area contributed by atoms with E-state index < -0.39 is 0 Å². The van der Waals surface area contributed by atoms with Crippen molar-refractivity contribution in [1.29, 1.82) is 0 Å². The minimum Gasteiger partial charge on any atom is -0.497 e. The minimum absolute atomic E-state index is 0.138. The number of nitrogens with one attached hydrogen (secondary N) is 1. The van der Waals surface area contributed by atoms with Gasteiger partial charge in [-0.25, -0.2) is 9.97 Å². The maximum Gasteiger partial charge on any atom is 0.272 e. The Kier molecular flexibility index (Phi) is 6.19. The summed E-state index contributed by atoms with van der Waals surface area (Å²) in [5, 5.41) is 3.16. The number of amides is 2. The molecule has 0 saturated carbocycles. The molecule has 0 atom stereocenters. The van der Waals surface area contributed by atoms with Crippen molar-refractivity contribution in [2.45, 2.75) is 6.42 Å². The van der Waals surface area contributed by atoms with Gasteiger partial charge >= 0.3 is 0 Å². The highest BCUT2D eigenvalue weighted by molar-refractivity contribution is 5.92. The number of benzene rings is 1. The number of nitrogens with zero attached hydrogens (tertiary/aromatic N) is 4. The van der Waals surface area contributed by atoms with Crippen LogP contribution in [0.25, 0.3) is 0 Å². The van der Waals surface area contributed by atoms with Crippen LogP contribution in [-0.4, -0.2) is 71.9 Å². The van der Waals surface area contributed by atoms with Crippen molar-refractivity contribution in [1.82, 2.24) is 19.8 Å². The average Bonchev–Trinajstić information content (AvgIpc) is 2.74. The lowest BCUT2D eigenvalue weighted by Crippen LogP contribution is -2.48. The first-order chi connectivity index (χ1) is 13.2. The zero-order chi connectivity index (χ0) is 19.1. The summed E-state index contributed by atoms with van der Waals surface area (Å²) in [6.07, 6.45) is 3.20. The van der Waals surface area contributed by atoms with E-state index in [9.17, 15) is 9.59 Å². The van der Waals surface area contributed by atoms with Crippen LogP contribution >= 0.6 is 0 Å². The number of methoxy groups -OCH3 is 1. The minimum atomic E-state index is -0.138. The molecule has 2 amide bonds. The Labute approximate surface area is 158 Å². The van der Waals surface area contributed by atoms with E-state index in [1.165, 1.54) is 5.56 Å². The molecule has 0 unspecified atom stereocenters. The summed E-state index contributed by atoms with van der Waals surface area (Å²) in [6, 6.07) is 9.49. The van der Waals surface area contributed by atoms with Crippen molar-refractivity contribution in [3.05, 3.63) is 47.8 Å². The van der Waals surface area contributed by atoms with Gasteiger partial charge < -0.3 is 19.9 Å². The van der Waals surface area contributed by atoms with E-state index in [0.29, 0.717) is 44.4 Å². The molecule has 3 rings (SSSR count). The molecule has 27 heavy (non-hydrogen) atoms. The van der Waals surface area contributed by atoms with E-state index in [1.807, 2.05) is 24.3 Å². The van der Waals surface area contributed by atoms with Crippen LogP contribution in [0, 0.1) is 0 Å². The monoisotopic (exact) mass is 369 g/mol. The Hall–Kier alpha value is -3.16. The van der Waals surface area contributed by atoms with Crippen LogP contribution in [0.15, 0.2) is 36.5 Å². The van der Waals surface area contributed by atoms with Gasteiger partial charge in [0.25, 0.3) is 5.91 Å². The SMILES string of the molecule is COc1ccc(CCNc2nccc(C(=O)N3CCN(C=O)CC3)n2)cc1. The highest BCUT2D eigenvalue weighted by Gasteiger charge is 2.22. The molecule has 1 aliphatic rings. The van der Waals surface area contributed by atoms with Crippen molar-refractivity contribution in [3.8, 4) is 5.75 Å². The average molecular weight is 369 g/mol. The van der Waals surface area contributed by atoms with Crippen LogP contribution in [-0.2, 0) is 11.2 Å². The molecule has 8 heteroatoms. The van der Waals surface area contributed by atoms with E-state index >= 15 is 0 Å². The van der Waals surface area contributed by atoms with E-state index in [2.05, 4.69) is 15.3 Å². The van der Waals surface area contributed by atoms with Gasteiger partial charge in [0.1, 0.15) is 11.4 Å². The molecule has 142 valence electrons. The lowest BCUT2D eigenvalue weighted by atomic mass is 10.1. The van der Waals surface area contributed by atoms with Gasteiger partial charge in [-0.05, 0) is 30.2 Å². The third-order valence-corrected chi connectivity index (χ3v) is 4.48. The van der Waals surface area contributed by atoms with Gasteiger partial charge in [0, 0.05) is 38.9 Å². The first kappa shape index (κ1) is 18.6. The van der Waals surface area contributed by atoms with Gasteiger partial charge in [-0.1, -0.05) is 12.1 Å².